The number of thiophene rings is 1. The number of aromatic carboxylic acids is 1. The number of carboxylic acid groups (broad SMARTS) is 1. The zero-order valence-corrected chi connectivity index (χ0v) is 10.7. The van der Waals surface area contributed by atoms with Gasteiger partial charge in [0.1, 0.15) is 10.4 Å². The van der Waals surface area contributed by atoms with Gasteiger partial charge < -0.3 is 10.1 Å². The lowest BCUT2D eigenvalue weighted by Gasteiger charge is -2.18. The summed E-state index contributed by atoms with van der Waals surface area (Å²) in [5.41, 5.74) is -0.769. The van der Waals surface area contributed by atoms with Gasteiger partial charge in [0.2, 0.25) is 5.43 Å². The van der Waals surface area contributed by atoms with E-state index in [1.54, 1.807) is 23.8 Å². The standard InChI is InChI=1S/C10H9ClN2O3S/c1-12(2)13-4-6(10(15)16)8(14)5-3-7(11)17-9(5)13/h3-4H,1-2H3,(H,15,16). The second kappa shape index (κ2) is 4.05. The van der Waals surface area contributed by atoms with Gasteiger partial charge in [-0.15, -0.1) is 11.3 Å². The first-order valence-corrected chi connectivity index (χ1v) is 5.87. The smallest absolute Gasteiger partial charge is 0.341 e. The van der Waals surface area contributed by atoms with Crippen LogP contribution in [-0.2, 0) is 0 Å². The summed E-state index contributed by atoms with van der Waals surface area (Å²) in [6, 6.07) is 1.50. The van der Waals surface area contributed by atoms with E-state index in [0.29, 0.717) is 14.6 Å². The van der Waals surface area contributed by atoms with Crippen LogP contribution in [0.4, 0.5) is 0 Å². The highest BCUT2D eigenvalue weighted by molar-refractivity contribution is 7.22. The molecule has 0 spiro atoms. The van der Waals surface area contributed by atoms with Crippen LogP contribution in [0.5, 0.6) is 0 Å². The molecule has 0 amide bonds. The van der Waals surface area contributed by atoms with Gasteiger partial charge in [-0.05, 0) is 6.07 Å². The predicted octanol–water partition coefficient (Wildman–Crippen LogP) is 1.61. The normalized spacial score (nSPS) is 10.8. The predicted molar refractivity (Wildman–Crippen MR) is 68.1 cm³/mol. The fourth-order valence-corrected chi connectivity index (χ4v) is 2.78. The van der Waals surface area contributed by atoms with E-state index in [2.05, 4.69) is 0 Å². The maximum Gasteiger partial charge on any atom is 0.341 e. The molecule has 0 radical (unpaired) electrons. The van der Waals surface area contributed by atoms with Crippen molar-refractivity contribution in [1.82, 2.24) is 4.68 Å². The van der Waals surface area contributed by atoms with Crippen molar-refractivity contribution < 1.29 is 9.90 Å². The van der Waals surface area contributed by atoms with Gasteiger partial charge in [-0.25, -0.2) is 4.79 Å². The molecule has 0 aliphatic carbocycles. The van der Waals surface area contributed by atoms with Crippen molar-refractivity contribution in [2.24, 2.45) is 0 Å². The zero-order chi connectivity index (χ0) is 12.7. The Morgan fingerprint density at radius 3 is 2.71 bits per heavy atom. The lowest BCUT2D eigenvalue weighted by Crippen LogP contribution is -2.28. The topological polar surface area (TPSA) is 62.5 Å². The first kappa shape index (κ1) is 11.9. The van der Waals surface area contributed by atoms with Crippen LogP contribution < -0.4 is 10.4 Å². The molecule has 17 heavy (non-hydrogen) atoms. The number of rotatable bonds is 2. The molecule has 7 heteroatoms. The van der Waals surface area contributed by atoms with Crippen LogP contribution >= 0.6 is 22.9 Å². The van der Waals surface area contributed by atoms with Crippen molar-refractivity contribution in [2.75, 3.05) is 19.1 Å². The van der Waals surface area contributed by atoms with Gasteiger partial charge in [-0.3, -0.25) is 9.47 Å². The molecule has 0 saturated carbocycles. The van der Waals surface area contributed by atoms with Gasteiger partial charge in [0, 0.05) is 20.3 Å². The van der Waals surface area contributed by atoms with E-state index in [4.69, 9.17) is 16.7 Å². The number of hydrogen-bond acceptors (Lipinski definition) is 4. The Balaban J connectivity index is 2.94. The highest BCUT2D eigenvalue weighted by Gasteiger charge is 2.17. The molecular formula is C10H9ClN2O3S. The second-order valence-corrected chi connectivity index (χ2v) is 5.30. The maximum atomic E-state index is 11.9. The fourth-order valence-electron chi connectivity index (χ4n) is 1.52. The highest BCUT2D eigenvalue weighted by atomic mass is 35.5. The Morgan fingerprint density at radius 2 is 2.18 bits per heavy atom. The SMILES string of the molecule is CN(C)n1cc(C(=O)O)c(=O)c2cc(Cl)sc21. The summed E-state index contributed by atoms with van der Waals surface area (Å²) in [6.45, 7) is 0. The van der Waals surface area contributed by atoms with Crippen LogP contribution in [0.15, 0.2) is 17.1 Å². The van der Waals surface area contributed by atoms with Crippen molar-refractivity contribution in [1.29, 1.82) is 0 Å². The van der Waals surface area contributed by atoms with Crippen LogP contribution in [0, 0.1) is 0 Å². The molecule has 0 saturated heterocycles. The van der Waals surface area contributed by atoms with Crippen molar-refractivity contribution in [3.05, 3.63) is 32.4 Å². The van der Waals surface area contributed by atoms with E-state index in [1.807, 2.05) is 0 Å². The summed E-state index contributed by atoms with van der Waals surface area (Å²) >= 11 is 7.10. The molecule has 2 rings (SSSR count). The molecule has 90 valence electrons. The number of fused-ring (bicyclic) bond motifs is 1. The van der Waals surface area contributed by atoms with Gasteiger partial charge >= 0.3 is 5.97 Å². The van der Waals surface area contributed by atoms with Crippen LogP contribution in [0.3, 0.4) is 0 Å². The lowest BCUT2D eigenvalue weighted by atomic mass is 10.2. The molecule has 2 aromatic rings. The number of carboxylic acids is 1. The number of hydrogen-bond donors (Lipinski definition) is 1. The van der Waals surface area contributed by atoms with Crippen molar-refractivity contribution in [3.8, 4) is 0 Å². The summed E-state index contributed by atoms with van der Waals surface area (Å²) in [4.78, 5) is 23.5. The Labute approximate surface area is 105 Å². The molecule has 0 unspecified atom stereocenters. The van der Waals surface area contributed by atoms with Crippen LogP contribution in [0.1, 0.15) is 10.4 Å². The van der Waals surface area contributed by atoms with E-state index in [0.717, 1.165) is 0 Å². The molecule has 0 aliphatic heterocycles. The molecule has 0 fully saturated rings. The molecular weight excluding hydrogens is 264 g/mol. The van der Waals surface area contributed by atoms with Gasteiger partial charge in [-0.2, -0.15) is 0 Å². The van der Waals surface area contributed by atoms with Crippen LogP contribution in [-0.4, -0.2) is 29.8 Å². The van der Waals surface area contributed by atoms with Crippen molar-refractivity contribution >= 4 is 39.1 Å². The van der Waals surface area contributed by atoms with Gasteiger partial charge in [0.15, 0.2) is 0 Å². The minimum Gasteiger partial charge on any atom is -0.477 e. The van der Waals surface area contributed by atoms with E-state index in [9.17, 15) is 9.59 Å². The van der Waals surface area contributed by atoms with Gasteiger partial charge in [0.05, 0.1) is 9.72 Å². The fraction of sp³-hybridized carbons (Fsp3) is 0.200. The molecule has 5 nitrogen and oxygen atoms in total. The minimum atomic E-state index is -1.24. The summed E-state index contributed by atoms with van der Waals surface area (Å²) in [7, 11) is 3.51. The quantitative estimate of drug-likeness (QED) is 0.902. The molecule has 0 atom stereocenters. The average molecular weight is 273 g/mol. The monoisotopic (exact) mass is 272 g/mol. The Bertz CT molecular complexity index is 659. The van der Waals surface area contributed by atoms with Gasteiger partial charge in [0.25, 0.3) is 0 Å². The summed E-state index contributed by atoms with van der Waals surface area (Å²) in [6.07, 6.45) is 1.31. The number of carbonyl (C=O) groups is 1. The maximum absolute atomic E-state index is 11.9. The summed E-state index contributed by atoms with van der Waals surface area (Å²) in [5.74, 6) is -1.24. The van der Waals surface area contributed by atoms with E-state index in [-0.39, 0.29) is 5.56 Å². The Kier molecular flexibility index (Phi) is 2.84. The van der Waals surface area contributed by atoms with E-state index < -0.39 is 11.4 Å². The van der Waals surface area contributed by atoms with Gasteiger partial charge in [-0.1, -0.05) is 11.6 Å². The van der Waals surface area contributed by atoms with E-state index in [1.165, 1.54) is 23.6 Å². The highest BCUT2D eigenvalue weighted by Crippen LogP contribution is 2.27. The van der Waals surface area contributed by atoms with Crippen molar-refractivity contribution in [2.45, 2.75) is 0 Å². The van der Waals surface area contributed by atoms with Crippen LogP contribution in [0.2, 0.25) is 4.34 Å². The Morgan fingerprint density at radius 1 is 1.53 bits per heavy atom. The third kappa shape index (κ3) is 1.89. The average Bonchev–Trinajstić information content (AvgIpc) is 2.59. The minimum absolute atomic E-state index is 0.263. The first-order chi connectivity index (χ1) is 7.91. The molecule has 2 heterocycles. The number of aromatic nitrogens is 1. The third-order valence-corrected chi connectivity index (χ3v) is 3.55. The number of halogens is 1. The number of pyridine rings is 1. The largest absolute Gasteiger partial charge is 0.477 e. The van der Waals surface area contributed by atoms with Crippen molar-refractivity contribution in [3.63, 3.8) is 0 Å². The third-order valence-electron chi connectivity index (χ3n) is 2.29. The second-order valence-electron chi connectivity index (χ2n) is 3.64. The summed E-state index contributed by atoms with van der Waals surface area (Å²) in [5, 5.41) is 11.0. The molecule has 2 aromatic heterocycles. The Hall–Kier alpha value is -1.53. The molecule has 0 aromatic carbocycles. The van der Waals surface area contributed by atoms with E-state index >= 15 is 0 Å². The lowest BCUT2D eigenvalue weighted by molar-refractivity contribution is 0.0695. The summed E-state index contributed by atoms with van der Waals surface area (Å²) < 4.78 is 2.05. The molecule has 1 N–H and O–H groups in total. The number of nitrogens with zero attached hydrogens (tertiary/aromatic N) is 2. The zero-order valence-electron chi connectivity index (χ0n) is 9.10. The molecule has 0 aliphatic rings. The molecule has 0 bridgehead atoms. The van der Waals surface area contributed by atoms with Crippen LogP contribution in [0.25, 0.3) is 10.2 Å². The first-order valence-electron chi connectivity index (χ1n) is 4.67.